The van der Waals surface area contributed by atoms with Crippen molar-refractivity contribution < 1.29 is 22.2 Å². The molecular formula is C19H15ClF3N3O2S. The van der Waals surface area contributed by atoms with Gasteiger partial charge < -0.3 is 5.32 Å². The molecule has 1 aromatic heterocycles. The van der Waals surface area contributed by atoms with E-state index in [0.717, 1.165) is 10.7 Å². The number of amides is 1. The van der Waals surface area contributed by atoms with Gasteiger partial charge in [-0.1, -0.05) is 11.6 Å². The lowest BCUT2D eigenvalue weighted by atomic mass is 10.1. The van der Waals surface area contributed by atoms with Crippen LogP contribution < -0.4 is 5.32 Å². The Morgan fingerprint density at radius 1 is 1.17 bits per heavy atom. The molecule has 3 aromatic rings. The molecule has 10 heteroatoms. The molecule has 1 unspecified atom stereocenters. The van der Waals surface area contributed by atoms with E-state index in [-0.39, 0.29) is 5.75 Å². The van der Waals surface area contributed by atoms with E-state index in [0.29, 0.717) is 27.5 Å². The van der Waals surface area contributed by atoms with Crippen molar-refractivity contribution in [1.29, 1.82) is 0 Å². The van der Waals surface area contributed by atoms with E-state index in [4.69, 9.17) is 11.6 Å². The van der Waals surface area contributed by atoms with Gasteiger partial charge in [-0.2, -0.15) is 18.3 Å². The highest BCUT2D eigenvalue weighted by atomic mass is 35.5. The van der Waals surface area contributed by atoms with Gasteiger partial charge in [-0.3, -0.25) is 9.00 Å². The molecule has 0 aliphatic rings. The second-order valence-electron chi connectivity index (χ2n) is 6.17. The van der Waals surface area contributed by atoms with Crippen molar-refractivity contribution in [3.8, 4) is 5.69 Å². The van der Waals surface area contributed by atoms with Crippen LogP contribution in [0.4, 0.5) is 18.9 Å². The van der Waals surface area contributed by atoms with Crippen molar-refractivity contribution in [2.24, 2.45) is 0 Å². The van der Waals surface area contributed by atoms with Gasteiger partial charge >= 0.3 is 6.18 Å². The largest absolute Gasteiger partial charge is 0.435 e. The Morgan fingerprint density at radius 2 is 1.86 bits per heavy atom. The van der Waals surface area contributed by atoms with Crippen LogP contribution in [0.1, 0.15) is 21.6 Å². The third-order valence-electron chi connectivity index (χ3n) is 3.94. The lowest BCUT2D eigenvalue weighted by molar-refractivity contribution is -0.141. The molecule has 1 atom stereocenters. The maximum Gasteiger partial charge on any atom is 0.435 e. The summed E-state index contributed by atoms with van der Waals surface area (Å²) in [7, 11) is -1.08. The Morgan fingerprint density at radius 3 is 2.45 bits per heavy atom. The third kappa shape index (κ3) is 5.24. The summed E-state index contributed by atoms with van der Waals surface area (Å²) >= 11 is 6.07. The number of hydrogen-bond donors (Lipinski definition) is 1. The van der Waals surface area contributed by atoms with Crippen molar-refractivity contribution in [3.63, 3.8) is 0 Å². The highest BCUT2D eigenvalue weighted by molar-refractivity contribution is 7.83. The van der Waals surface area contributed by atoms with Crippen LogP contribution in [0.5, 0.6) is 0 Å². The fraction of sp³-hybridized carbons (Fsp3) is 0.158. The SMILES string of the molecule is CS(=O)Cc1cc(NC(=O)c2ccc(-n3ccc(C(F)(F)F)n3)cc2)ccc1Cl. The summed E-state index contributed by atoms with van der Waals surface area (Å²) in [5, 5.41) is 6.66. The van der Waals surface area contributed by atoms with Crippen LogP contribution in [0.25, 0.3) is 5.69 Å². The maximum atomic E-state index is 12.7. The van der Waals surface area contributed by atoms with Crippen molar-refractivity contribution in [1.82, 2.24) is 9.78 Å². The van der Waals surface area contributed by atoms with E-state index in [9.17, 15) is 22.2 Å². The zero-order valence-corrected chi connectivity index (χ0v) is 16.6. The summed E-state index contributed by atoms with van der Waals surface area (Å²) in [6.07, 6.45) is -1.77. The predicted molar refractivity (Wildman–Crippen MR) is 106 cm³/mol. The third-order valence-corrected chi connectivity index (χ3v) is 5.02. The first-order valence-corrected chi connectivity index (χ1v) is 10.4. The minimum absolute atomic E-state index is 0.265. The van der Waals surface area contributed by atoms with Crippen LogP contribution in [-0.2, 0) is 22.7 Å². The number of aromatic nitrogens is 2. The van der Waals surface area contributed by atoms with E-state index in [1.54, 1.807) is 24.5 Å². The second-order valence-corrected chi connectivity index (χ2v) is 8.01. The monoisotopic (exact) mass is 441 g/mol. The first kappa shape index (κ1) is 21.1. The molecule has 0 aliphatic carbocycles. The normalized spacial score (nSPS) is 12.6. The molecule has 0 saturated carbocycles. The molecule has 0 bridgehead atoms. The van der Waals surface area contributed by atoms with Gasteiger partial charge in [0.05, 0.1) is 5.69 Å². The first-order valence-electron chi connectivity index (χ1n) is 8.26. The Bertz CT molecular complexity index is 1070. The molecule has 1 N–H and O–H groups in total. The number of alkyl halides is 3. The topological polar surface area (TPSA) is 64.0 Å². The predicted octanol–water partition coefficient (Wildman–Crippen LogP) is 4.68. The molecule has 1 heterocycles. The number of nitrogens with one attached hydrogen (secondary N) is 1. The van der Waals surface area contributed by atoms with Gasteiger partial charge in [0, 0.05) is 45.3 Å². The average Bonchev–Trinajstić information content (AvgIpc) is 3.15. The van der Waals surface area contributed by atoms with Gasteiger partial charge in [-0.15, -0.1) is 0 Å². The smallest absolute Gasteiger partial charge is 0.322 e. The van der Waals surface area contributed by atoms with Crippen LogP contribution >= 0.6 is 11.6 Å². The van der Waals surface area contributed by atoms with Gasteiger partial charge in [0.15, 0.2) is 5.69 Å². The van der Waals surface area contributed by atoms with Crippen LogP contribution in [0.15, 0.2) is 54.7 Å². The molecule has 5 nitrogen and oxygen atoms in total. The van der Waals surface area contributed by atoms with Crippen molar-refractivity contribution in [2.75, 3.05) is 11.6 Å². The highest BCUT2D eigenvalue weighted by Crippen LogP contribution is 2.28. The molecule has 0 spiro atoms. The fourth-order valence-corrected chi connectivity index (χ4v) is 3.51. The Hall–Kier alpha value is -2.65. The molecule has 2 aromatic carbocycles. The molecule has 0 saturated heterocycles. The van der Waals surface area contributed by atoms with Gasteiger partial charge in [-0.05, 0) is 54.1 Å². The number of nitrogens with zero attached hydrogens (tertiary/aromatic N) is 2. The summed E-state index contributed by atoms with van der Waals surface area (Å²) in [6.45, 7) is 0. The molecule has 29 heavy (non-hydrogen) atoms. The van der Waals surface area contributed by atoms with E-state index in [1.165, 1.54) is 30.5 Å². The maximum absolute atomic E-state index is 12.7. The lowest BCUT2D eigenvalue weighted by Gasteiger charge is -2.09. The fourth-order valence-electron chi connectivity index (χ4n) is 2.57. The molecule has 3 rings (SSSR count). The Balaban J connectivity index is 1.74. The number of halogens is 4. The minimum atomic E-state index is -4.52. The molecule has 0 fully saturated rings. The number of hydrogen-bond acceptors (Lipinski definition) is 3. The summed E-state index contributed by atoms with van der Waals surface area (Å²) < 4.78 is 50.5. The summed E-state index contributed by atoms with van der Waals surface area (Å²) in [5.74, 6) is -0.139. The van der Waals surface area contributed by atoms with E-state index in [2.05, 4.69) is 10.4 Å². The minimum Gasteiger partial charge on any atom is -0.322 e. The van der Waals surface area contributed by atoms with Crippen molar-refractivity contribution in [3.05, 3.63) is 76.6 Å². The lowest BCUT2D eigenvalue weighted by Crippen LogP contribution is -2.12. The van der Waals surface area contributed by atoms with Crippen LogP contribution in [0, 0.1) is 0 Å². The number of rotatable bonds is 5. The molecule has 152 valence electrons. The summed E-state index contributed by atoms with van der Waals surface area (Å²) in [4.78, 5) is 12.4. The molecule has 1 amide bonds. The van der Waals surface area contributed by atoms with Crippen LogP contribution in [0.3, 0.4) is 0 Å². The van der Waals surface area contributed by atoms with Crippen LogP contribution in [-0.4, -0.2) is 26.2 Å². The Labute approximate surface area is 171 Å². The number of carbonyl (C=O) groups is 1. The van der Waals surface area contributed by atoms with Gasteiger partial charge in [0.1, 0.15) is 0 Å². The van der Waals surface area contributed by atoms with Gasteiger partial charge in [-0.25, -0.2) is 4.68 Å². The molecule has 0 aliphatic heterocycles. The Kier molecular flexibility index (Phi) is 6.09. The zero-order chi connectivity index (χ0) is 21.2. The zero-order valence-electron chi connectivity index (χ0n) is 15.0. The van der Waals surface area contributed by atoms with E-state index in [1.807, 2.05) is 0 Å². The molecular weight excluding hydrogens is 427 g/mol. The number of benzene rings is 2. The second kappa shape index (κ2) is 8.38. The number of anilines is 1. The van der Waals surface area contributed by atoms with E-state index < -0.39 is 28.6 Å². The van der Waals surface area contributed by atoms with E-state index >= 15 is 0 Å². The first-order chi connectivity index (χ1) is 13.6. The quantitative estimate of drug-likeness (QED) is 0.625. The highest BCUT2D eigenvalue weighted by Gasteiger charge is 2.33. The van der Waals surface area contributed by atoms with Gasteiger partial charge in [0.25, 0.3) is 5.91 Å². The van der Waals surface area contributed by atoms with Gasteiger partial charge in [0.2, 0.25) is 0 Å². The average molecular weight is 442 g/mol. The summed E-state index contributed by atoms with van der Waals surface area (Å²) in [5.41, 5.74) is 0.847. The van der Waals surface area contributed by atoms with Crippen molar-refractivity contribution in [2.45, 2.75) is 11.9 Å². The summed E-state index contributed by atoms with van der Waals surface area (Å²) in [6, 6.07) is 11.7. The molecule has 0 radical (unpaired) electrons. The van der Waals surface area contributed by atoms with Crippen molar-refractivity contribution >= 4 is 34.0 Å². The van der Waals surface area contributed by atoms with Crippen LogP contribution in [0.2, 0.25) is 5.02 Å². The standard InChI is InChI=1S/C19H15ClF3N3O2S/c1-29(28)11-13-10-14(4-7-16(13)20)24-18(27)12-2-5-15(6-3-12)26-9-8-17(25-26)19(21,22)23/h2-10H,11H2,1H3,(H,24,27). The number of carbonyl (C=O) groups excluding carboxylic acids is 1.